The molecule has 2 atom stereocenters. The van der Waals surface area contributed by atoms with Gasteiger partial charge in [0.15, 0.2) is 9.84 Å². The molecule has 114 valence electrons. The van der Waals surface area contributed by atoms with Crippen LogP contribution in [-0.4, -0.2) is 54.4 Å². The van der Waals surface area contributed by atoms with Crippen molar-refractivity contribution < 1.29 is 23.1 Å². The van der Waals surface area contributed by atoms with Crippen LogP contribution in [0.15, 0.2) is 30.3 Å². The summed E-state index contributed by atoms with van der Waals surface area (Å²) in [5, 5.41) is 9.18. The summed E-state index contributed by atoms with van der Waals surface area (Å²) in [4.78, 5) is 24.9. The summed E-state index contributed by atoms with van der Waals surface area (Å²) in [7, 11) is -3.41. The zero-order chi connectivity index (χ0) is 15.6. The van der Waals surface area contributed by atoms with Gasteiger partial charge in [-0.1, -0.05) is 30.3 Å². The molecule has 6 nitrogen and oxygen atoms in total. The lowest BCUT2D eigenvalue weighted by Crippen LogP contribution is -2.55. The first-order chi connectivity index (χ1) is 9.82. The molecule has 7 heteroatoms. The Bertz CT molecular complexity index is 641. The number of carbonyl (C=O) groups is 2. The molecule has 1 unspecified atom stereocenters. The maximum absolute atomic E-state index is 12.5. The highest BCUT2D eigenvalue weighted by atomic mass is 32.2. The molecule has 1 aromatic rings. The molecule has 2 rings (SSSR count). The van der Waals surface area contributed by atoms with Crippen LogP contribution in [0.5, 0.6) is 0 Å². The average molecular weight is 311 g/mol. The van der Waals surface area contributed by atoms with Crippen molar-refractivity contribution in [3.8, 4) is 0 Å². The summed E-state index contributed by atoms with van der Waals surface area (Å²) in [5.41, 5.74) is 0.778. The molecule has 1 heterocycles. The largest absolute Gasteiger partial charge is 0.480 e. The summed E-state index contributed by atoms with van der Waals surface area (Å²) >= 11 is 0. The van der Waals surface area contributed by atoms with Crippen molar-refractivity contribution >= 4 is 21.7 Å². The Labute approximate surface area is 123 Å². The summed E-state index contributed by atoms with van der Waals surface area (Å²) in [6.45, 7) is 1.62. The highest BCUT2D eigenvalue weighted by molar-refractivity contribution is 7.91. The van der Waals surface area contributed by atoms with E-state index in [2.05, 4.69) is 0 Å². The molecule has 1 amide bonds. The van der Waals surface area contributed by atoms with Gasteiger partial charge in [0.05, 0.1) is 17.4 Å². The standard InChI is InChI=1S/C14H17NO5S/c1-10(11-5-3-2-4-6-11)13(16)15-7-8-21(19,20)9-12(15)14(17)18/h2-6,10,12H,7-9H2,1H3,(H,17,18)/t10-,12?/m1/s1. The van der Waals surface area contributed by atoms with Gasteiger partial charge in [0.1, 0.15) is 6.04 Å². The third kappa shape index (κ3) is 3.41. The molecule has 0 saturated carbocycles. The molecule has 21 heavy (non-hydrogen) atoms. The van der Waals surface area contributed by atoms with E-state index in [-0.39, 0.29) is 18.2 Å². The summed E-state index contributed by atoms with van der Waals surface area (Å²) in [6.07, 6.45) is 0. The van der Waals surface area contributed by atoms with Gasteiger partial charge in [-0.05, 0) is 12.5 Å². The summed E-state index contributed by atoms with van der Waals surface area (Å²) in [6, 6.07) is 7.71. The van der Waals surface area contributed by atoms with Crippen LogP contribution in [0.2, 0.25) is 0 Å². The number of hydrogen-bond donors (Lipinski definition) is 1. The van der Waals surface area contributed by atoms with Crippen LogP contribution in [-0.2, 0) is 19.4 Å². The first-order valence-corrected chi connectivity index (χ1v) is 8.42. The Balaban J connectivity index is 2.23. The van der Waals surface area contributed by atoms with Gasteiger partial charge in [-0.3, -0.25) is 4.79 Å². The lowest BCUT2D eigenvalue weighted by Gasteiger charge is -2.34. The van der Waals surface area contributed by atoms with E-state index in [0.29, 0.717) is 0 Å². The number of carboxylic acids is 1. The molecular weight excluding hydrogens is 294 g/mol. The highest BCUT2D eigenvalue weighted by Crippen LogP contribution is 2.22. The summed E-state index contributed by atoms with van der Waals surface area (Å²) < 4.78 is 23.1. The normalized spacial score (nSPS) is 22.5. The lowest BCUT2D eigenvalue weighted by molar-refractivity contribution is -0.149. The van der Waals surface area contributed by atoms with Gasteiger partial charge in [0.2, 0.25) is 5.91 Å². The first kappa shape index (κ1) is 15.5. The quantitative estimate of drug-likeness (QED) is 0.877. The van der Waals surface area contributed by atoms with E-state index in [1.807, 2.05) is 6.07 Å². The number of sulfone groups is 1. The maximum atomic E-state index is 12.5. The van der Waals surface area contributed by atoms with Gasteiger partial charge in [0, 0.05) is 6.54 Å². The van der Waals surface area contributed by atoms with E-state index in [4.69, 9.17) is 0 Å². The van der Waals surface area contributed by atoms with E-state index in [9.17, 15) is 23.1 Å². The number of nitrogens with zero attached hydrogens (tertiary/aromatic N) is 1. The molecule has 0 aliphatic carbocycles. The second-order valence-corrected chi connectivity index (χ2v) is 7.36. The Morgan fingerprint density at radius 3 is 2.48 bits per heavy atom. The molecule has 1 aromatic carbocycles. The number of carboxylic acid groups (broad SMARTS) is 1. The zero-order valence-corrected chi connectivity index (χ0v) is 12.4. The molecule has 0 bridgehead atoms. The molecule has 1 N–H and O–H groups in total. The average Bonchev–Trinajstić information content (AvgIpc) is 2.45. The third-order valence-electron chi connectivity index (χ3n) is 3.67. The molecule has 0 spiro atoms. The Morgan fingerprint density at radius 2 is 1.90 bits per heavy atom. The van der Waals surface area contributed by atoms with Crippen LogP contribution in [0, 0.1) is 0 Å². The van der Waals surface area contributed by atoms with Crippen molar-refractivity contribution in [3.05, 3.63) is 35.9 Å². The van der Waals surface area contributed by atoms with Gasteiger partial charge in [-0.25, -0.2) is 13.2 Å². The minimum absolute atomic E-state index is 0.0741. The molecule has 1 fully saturated rings. The highest BCUT2D eigenvalue weighted by Gasteiger charge is 2.39. The fraction of sp³-hybridized carbons (Fsp3) is 0.429. The third-order valence-corrected chi connectivity index (χ3v) is 5.30. The van der Waals surface area contributed by atoms with Crippen molar-refractivity contribution in [2.75, 3.05) is 18.1 Å². The molecule has 1 saturated heterocycles. The number of amides is 1. The van der Waals surface area contributed by atoms with Crippen molar-refractivity contribution in [1.29, 1.82) is 0 Å². The van der Waals surface area contributed by atoms with Crippen LogP contribution in [0.4, 0.5) is 0 Å². The van der Waals surface area contributed by atoms with Crippen LogP contribution < -0.4 is 0 Å². The number of carbonyl (C=O) groups excluding carboxylic acids is 1. The zero-order valence-electron chi connectivity index (χ0n) is 11.6. The molecule has 0 radical (unpaired) electrons. The van der Waals surface area contributed by atoms with E-state index in [0.717, 1.165) is 5.56 Å². The van der Waals surface area contributed by atoms with E-state index >= 15 is 0 Å². The molecule has 1 aliphatic rings. The molecular formula is C14H17NO5S. The number of hydrogen-bond acceptors (Lipinski definition) is 4. The minimum Gasteiger partial charge on any atom is -0.480 e. The minimum atomic E-state index is -3.41. The fourth-order valence-electron chi connectivity index (χ4n) is 2.41. The van der Waals surface area contributed by atoms with Crippen molar-refractivity contribution in [1.82, 2.24) is 4.90 Å². The molecule has 1 aliphatic heterocycles. The maximum Gasteiger partial charge on any atom is 0.327 e. The summed E-state index contributed by atoms with van der Waals surface area (Å²) in [5.74, 6) is -2.86. The predicted molar refractivity (Wildman–Crippen MR) is 76.6 cm³/mol. The van der Waals surface area contributed by atoms with Crippen molar-refractivity contribution in [2.45, 2.75) is 18.9 Å². The van der Waals surface area contributed by atoms with Crippen LogP contribution >= 0.6 is 0 Å². The van der Waals surface area contributed by atoms with E-state index < -0.39 is 33.5 Å². The molecule has 0 aromatic heterocycles. The van der Waals surface area contributed by atoms with Gasteiger partial charge in [0.25, 0.3) is 0 Å². The van der Waals surface area contributed by atoms with Crippen LogP contribution in [0.25, 0.3) is 0 Å². The predicted octanol–water partition coefficient (Wildman–Crippen LogP) is 0.500. The second-order valence-electron chi connectivity index (χ2n) is 5.13. The monoisotopic (exact) mass is 311 g/mol. The van der Waals surface area contributed by atoms with Crippen LogP contribution in [0.3, 0.4) is 0 Å². The van der Waals surface area contributed by atoms with Crippen LogP contribution in [0.1, 0.15) is 18.4 Å². The SMILES string of the molecule is C[C@@H](C(=O)N1CCS(=O)(=O)CC1C(=O)O)c1ccccc1. The van der Waals surface area contributed by atoms with Gasteiger partial charge in [-0.2, -0.15) is 0 Å². The van der Waals surface area contributed by atoms with Crippen molar-refractivity contribution in [2.24, 2.45) is 0 Å². The van der Waals surface area contributed by atoms with E-state index in [1.165, 1.54) is 4.90 Å². The Kier molecular flexibility index (Phi) is 4.32. The first-order valence-electron chi connectivity index (χ1n) is 6.60. The number of benzene rings is 1. The van der Waals surface area contributed by atoms with Gasteiger partial charge >= 0.3 is 5.97 Å². The topological polar surface area (TPSA) is 91.8 Å². The second kappa shape index (κ2) is 5.85. The Morgan fingerprint density at radius 1 is 1.29 bits per heavy atom. The number of rotatable bonds is 3. The Hall–Kier alpha value is -1.89. The van der Waals surface area contributed by atoms with Gasteiger partial charge in [-0.15, -0.1) is 0 Å². The smallest absolute Gasteiger partial charge is 0.327 e. The lowest BCUT2D eigenvalue weighted by atomic mass is 9.99. The number of aliphatic carboxylic acids is 1. The van der Waals surface area contributed by atoms with E-state index in [1.54, 1.807) is 31.2 Å². The van der Waals surface area contributed by atoms with Crippen molar-refractivity contribution in [3.63, 3.8) is 0 Å². The fourth-order valence-corrected chi connectivity index (χ4v) is 3.85. The van der Waals surface area contributed by atoms with Gasteiger partial charge < -0.3 is 10.0 Å².